The fourth-order valence-corrected chi connectivity index (χ4v) is 1.85. The van der Waals surface area contributed by atoms with Crippen LogP contribution in [0.1, 0.15) is 10.4 Å². The summed E-state index contributed by atoms with van der Waals surface area (Å²) in [5, 5.41) is 2.40. The van der Waals surface area contributed by atoms with Crippen LogP contribution in [0.3, 0.4) is 0 Å². The van der Waals surface area contributed by atoms with Crippen LogP contribution in [0.5, 0.6) is 0 Å². The largest absolute Gasteiger partial charge is 0.319 e. The fourth-order valence-electron chi connectivity index (χ4n) is 1.85. The summed E-state index contributed by atoms with van der Waals surface area (Å²) < 4.78 is 28.0. The first-order valence-corrected chi connectivity index (χ1v) is 5.81. The van der Waals surface area contributed by atoms with E-state index in [-0.39, 0.29) is 5.69 Å². The zero-order valence-electron chi connectivity index (χ0n) is 10.2. The molecule has 3 rings (SSSR count). The third-order valence-electron chi connectivity index (χ3n) is 2.86. The van der Waals surface area contributed by atoms with Crippen molar-refractivity contribution in [2.75, 3.05) is 5.32 Å². The summed E-state index contributed by atoms with van der Waals surface area (Å²) in [7, 11) is 0. The number of aromatic nitrogens is 2. The van der Waals surface area contributed by atoms with Crippen LogP contribution >= 0.6 is 0 Å². The van der Waals surface area contributed by atoms with E-state index in [4.69, 9.17) is 0 Å². The minimum Gasteiger partial charge on any atom is -0.319 e. The van der Waals surface area contributed by atoms with Crippen molar-refractivity contribution in [3.05, 3.63) is 66.3 Å². The van der Waals surface area contributed by atoms with Gasteiger partial charge in [0.25, 0.3) is 5.91 Å². The van der Waals surface area contributed by atoms with Crippen LogP contribution < -0.4 is 5.32 Å². The molecule has 0 aliphatic rings. The number of halogens is 2. The topological polar surface area (TPSA) is 46.4 Å². The minimum atomic E-state index is -0.816. The van der Waals surface area contributed by atoms with E-state index in [0.717, 1.165) is 17.6 Å². The third-order valence-corrected chi connectivity index (χ3v) is 2.86. The molecule has 4 nitrogen and oxygen atoms in total. The molecule has 3 aromatic rings. The first-order chi connectivity index (χ1) is 9.63. The molecule has 0 aliphatic heterocycles. The highest BCUT2D eigenvalue weighted by atomic mass is 19.1. The van der Waals surface area contributed by atoms with Gasteiger partial charge in [-0.05, 0) is 24.3 Å². The number of carbonyl (C=O) groups is 1. The van der Waals surface area contributed by atoms with Crippen molar-refractivity contribution in [1.82, 2.24) is 9.38 Å². The monoisotopic (exact) mass is 273 g/mol. The van der Waals surface area contributed by atoms with Crippen LogP contribution in [0.25, 0.3) is 5.52 Å². The summed E-state index contributed by atoms with van der Waals surface area (Å²) in [5.41, 5.74) is 1.05. The van der Waals surface area contributed by atoms with Crippen LogP contribution in [0.4, 0.5) is 14.5 Å². The number of anilines is 1. The maximum absolute atomic E-state index is 13.5. The summed E-state index contributed by atoms with van der Waals surface area (Å²) in [6, 6.07) is 6.20. The maximum Gasteiger partial charge on any atom is 0.255 e. The molecule has 0 atom stereocenters. The molecule has 1 N–H and O–H groups in total. The van der Waals surface area contributed by atoms with Crippen molar-refractivity contribution in [3.8, 4) is 0 Å². The molecular weight excluding hydrogens is 264 g/mol. The Morgan fingerprint density at radius 2 is 2.05 bits per heavy atom. The van der Waals surface area contributed by atoms with Crippen molar-refractivity contribution in [3.63, 3.8) is 0 Å². The molecule has 2 heterocycles. The van der Waals surface area contributed by atoms with Crippen LogP contribution in [0.2, 0.25) is 0 Å². The first-order valence-electron chi connectivity index (χ1n) is 5.81. The summed E-state index contributed by atoms with van der Waals surface area (Å²) >= 11 is 0. The highest BCUT2D eigenvalue weighted by molar-refractivity contribution is 6.04. The van der Waals surface area contributed by atoms with E-state index >= 15 is 0 Å². The van der Waals surface area contributed by atoms with Gasteiger partial charge in [0.1, 0.15) is 11.6 Å². The maximum atomic E-state index is 13.5. The highest BCUT2D eigenvalue weighted by Gasteiger charge is 2.10. The molecule has 1 amide bonds. The second-order valence-electron chi connectivity index (χ2n) is 4.22. The van der Waals surface area contributed by atoms with Crippen LogP contribution in [0.15, 0.2) is 49.1 Å². The molecule has 100 valence electrons. The zero-order chi connectivity index (χ0) is 14.1. The van der Waals surface area contributed by atoms with Gasteiger partial charge in [0.2, 0.25) is 0 Å². The number of hydrogen-bond donors (Lipinski definition) is 1. The molecule has 20 heavy (non-hydrogen) atoms. The molecule has 0 bridgehead atoms. The Kier molecular flexibility index (Phi) is 2.90. The average Bonchev–Trinajstić information content (AvgIpc) is 2.89. The fraction of sp³-hybridized carbons (Fsp3) is 0. The van der Waals surface area contributed by atoms with E-state index in [1.54, 1.807) is 35.3 Å². The molecule has 6 heteroatoms. The van der Waals surface area contributed by atoms with Gasteiger partial charge in [0.05, 0.1) is 23.7 Å². The number of rotatable bonds is 2. The number of hydrogen-bond acceptors (Lipinski definition) is 2. The van der Waals surface area contributed by atoms with Gasteiger partial charge in [-0.2, -0.15) is 0 Å². The Labute approximate surface area is 112 Å². The second-order valence-corrected chi connectivity index (χ2v) is 4.22. The molecule has 0 saturated heterocycles. The number of imidazole rings is 1. The van der Waals surface area contributed by atoms with Gasteiger partial charge in [-0.3, -0.25) is 4.79 Å². The van der Waals surface area contributed by atoms with Crippen molar-refractivity contribution >= 4 is 17.1 Å². The van der Waals surface area contributed by atoms with Gasteiger partial charge in [0.15, 0.2) is 0 Å². The Morgan fingerprint density at radius 1 is 1.20 bits per heavy atom. The molecule has 1 aromatic carbocycles. The lowest BCUT2D eigenvalue weighted by atomic mass is 10.2. The van der Waals surface area contributed by atoms with Crippen LogP contribution in [0, 0.1) is 11.6 Å². The van der Waals surface area contributed by atoms with Gasteiger partial charge in [-0.15, -0.1) is 0 Å². The third kappa shape index (κ3) is 2.23. The van der Waals surface area contributed by atoms with Crippen LogP contribution in [-0.2, 0) is 0 Å². The summed E-state index contributed by atoms with van der Waals surface area (Å²) in [6.45, 7) is 0. The number of amides is 1. The Bertz CT molecular complexity index is 798. The molecule has 0 aliphatic carbocycles. The molecule has 0 unspecified atom stereocenters. The molecule has 0 saturated carbocycles. The normalized spacial score (nSPS) is 10.7. The Morgan fingerprint density at radius 3 is 2.85 bits per heavy atom. The van der Waals surface area contributed by atoms with Gasteiger partial charge in [-0.1, -0.05) is 0 Å². The average molecular weight is 273 g/mol. The molecule has 0 spiro atoms. The SMILES string of the molecule is O=C(Nc1ccc(F)cc1F)c1ccn2cncc2c1. The smallest absolute Gasteiger partial charge is 0.255 e. The van der Waals surface area contributed by atoms with Gasteiger partial charge < -0.3 is 9.72 Å². The Balaban J connectivity index is 1.88. The predicted octanol–water partition coefficient (Wildman–Crippen LogP) is 2.86. The first kappa shape index (κ1) is 12.3. The summed E-state index contributed by atoms with van der Waals surface area (Å²) in [4.78, 5) is 16.0. The minimum absolute atomic E-state index is 0.0650. The second kappa shape index (κ2) is 4.73. The van der Waals surface area contributed by atoms with E-state index in [2.05, 4.69) is 10.3 Å². The summed E-state index contributed by atoms with van der Waals surface area (Å²) in [6.07, 6.45) is 4.89. The van der Waals surface area contributed by atoms with Crippen LogP contribution in [-0.4, -0.2) is 15.3 Å². The lowest BCUT2D eigenvalue weighted by Crippen LogP contribution is -2.13. The van der Waals surface area contributed by atoms with E-state index in [0.29, 0.717) is 5.56 Å². The number of carbonyl (C=O) groups excluding carboxylic acids is 1. The van der Waals surface area contributed by atoms with E-state index in [1.807, 2.05) is 0 Å². The van der Waals surface area contributed by atoms with E-state index < -0.39 is 17.5 Å². The van der Waals surface area contributed by atoms with E-state index in [1.165, 1.54) is 6.07 Å². The van der Waals surface area contributed by atoms with Gasteiger partial charge >= 0.3 is 0 Å². The zero-order valence-corrected chi connectivity index (χ0v) is 10.2. The van der Waals surface area contributed by atoms with Gasteiger partial charge in [0, 0.05) is 17.8 Å². The molecular formula is C14H9F2N3O. The molecule has 2 aromatic heterocycles. The number of nitrogens with one attached hydrogen (secondary N) is 1. The molecule has 0 fully saturated rings. The number of pyridine rings is 1. The Hall–Kier alpha value is -2.76. The number of nitrogens with zero attached hydrogens (tertiary/aromatic N) is 2. The number of benzene rings is 1. The van der Waals surface area contributed by atoms with E-state index in [9.17, 15) is 13.6 Å². The predicted molar refractivity (Wildman–Crippen MR) is 69.5 cm³/mol. The van der Waals surface area contributed by atoms with Crippen molar-refractivity contribution < 1.29 is 13.6 Å². The van der Waals surface area contributed by atoms with Crippen molar-refractivity contribution in [2.24, 2.45) is 0 Å². The van der Waals surface area contributed by atoms with Crippen molar-refractivity contribution in [2.45, 2.75) is 0 Å². The highest BCUT2D eigenvalue weighted by Crippen LogP contribution is 2.16. The standard InChI is InChI=1S/C14H9F2N3O/c15-10-1-2-13(12(16)6-10)18-14(20)9-3-4-19-8-17-7-11(19)5-9/h1-8H,(H,18,20). The number of fused-ring (bicyclic) bond motifs is 1. The summed E-state index contributed by atoms with van der Waals surface area (Å²) in [5.74, 6) is -1.98. The lowest BCUT2D eigenvalue weighted by molar-refractivity contribution is 0.102. The lowest BCUT2D eigenvalue weighted by Gasteiger charge is -2.06. The van der Waals surface area contributed by atoms with Gasteiger partial charge in [-0.25, -0.2) is 13.8 Å². The quantitative estimate of drug-likeness (QED) is 0.780. The van der Waals surface area contributed by atoms with Crippen molar-refractivity contribution in [1.29, 1.82) is 0 Å². The molecule has 0 radical (unpaired) electrons.